The maximum Gasteiger partial charge on any atom is 0.180 e. The van der Waals surface area contributed by atoms with Crippen LogP contribution in [0, 0.1) is 47.3 Å². The summed E-state index contributed by atoms with van der Waals surface area (Å²) < 4.78 is 9.06. The summed E-state index contributed by atoms with van der Waals surface area (Å²) in [7, 11) is 0. The number of nitrogens with zero attached hydrogens (tertiary/aromatic N) is 2. The lowest BCUT2D eigenvalue weighted by Crippen LogP contribution is -1.66. The Hall–Kier alpha value is -2.18. The highest BCUT2D eigenvalue weighted by molar-refractivity contribution is 7.07. The Kier molecular flexibility index (Phi) is 83.3. The maximum absolute atomic E-state index is 4.58. The van der Waals surface area contributed by atoms with Crippen molar-refractivity contribution in [3.05, 3.63) is 83.5 Å². The average Bonchev–Trinajstić information content (AvgIpc) is 3.80. The Morgan fingerprint density at radius 2 is 0.635 bits per heavy atom. The third-order valence-electron chi connectivity index (χ3n) is 1.55. The Bertz CT molecular complexity index is 615. The molecule has 0 aliphatic rings. The molecule has 0 radical (unpaired) electrons. The number of aromatic nitrogens is 2. The summed E-state index contributed by atoms with van der Waals surface area (Å²) in [5.41, 5.74) is 1.79. The minimum absolute atomic E-state index is 0.833. The third-order valence-corrected chi connectivity index (χ3v) is 2.70. The number of furan rings is 1. The predicted molar refractivity (Wildman–Crippen MR) is 246 cm³/mol. The van der Waals surface area contributed by atoms with Crippen LogP contribution in [0.15, 0.2) is 92.3 Å². The van der Waals surface area contributed by atoms with E-state index in [1.807, 2.05) is 40.4 Å². The Morgan fingerprint density at radius 1 is 0.327 bits per heavy atom. The number of rotatable bonds is 0. The van der Waals surface area contributed by atoms with Gasteiger partial charge in [0.1, 0.15) is 6.26 Å². The van der Waals surface area contributed by atoms with Crippen molar-refractivity contribution in [2.45, 2.75) is 166 Å². The van der Waals surface area contributed by atoms with Gasteiger partial charge in [-0.3, -0.25) is 4.98 Å². The van der Waals surface area contributed by atoms with E-state index in [4.69, 9.17) is 0 Å². The van der Waals surface area contributed by atoms with Crippen molar-refractivity contribution in [1.82, 2.24) is 9.97 Å². The molecule has 0 unspecified atom stereocenters. The van der Waals surface area contributed by atoms with Crippen molar-refractivity contribution in [2.75, 3.05) is 0 Å². The fourth-order valence-electron chi connectivity index (χ4n) is 0.805. The lowest BCUT2D eigenvalue weighted by atomic mass is 10.3. The fourth-order valence-corrected chi connectivity index (χ4v) is 1.61. The second-order valence-electron chi connectivity index (χ2n) is 16.8. The molecule has 4 aromatic heterocycles. The molecular formula is C46H94N2O2S2. The van der Waals surface area contributed by atoms with E-state index in [0.717, 1.165) is 47.3 Å². The molecule has 0 aromatic carbocycles. The quantitative estimate of drug-likeness (QED) is 0.179. The Labute approximate surface area is 337 Å². The normalized spacial score (nSPS) is 8.62. The third kappa shape index (κ3) is 330. The molecule has 52 heavy (non-hydrogen) atoms. The van der Waals surface area contributed by atoms with Crippen molar-refractivity contribution in [3.63, 3.8) is 0 Å². The molecule has 0 aliphatic carbocycles. The van der Waals surface area contributed by atoms with E-state index in [-0.39, 0.29) is 0 Å². The minimum Gasteiger partial charge on any atom is -0.473 e. The molecular weight excluding hydrogens is 677 g/mol. The van der Waals surface area contributed by atoms with Gasteiger partial charge in [0.15, 0.2) is 6.39 Å². The summed E-state index contributed by atoms with van der Waals surface area (Å²) in [5, 5.41) is 6.01. The van der Waals surface area contributed by atoms with Crippen LogP contribution in [0.5, 0.6) is 0 Å². The number of thiophene rings is 1. The lowest BCUT2D eigenvalue weighted by molar-refractivity contribution is 0.558. The van der Waals surface area contributed by atoms with Crippen molar-refractivity contribution in [1.29, 1.82) is 0 Å². The molecule has 4 rings (SSSR count). The molecule has 0 N–H and O–H groups in total. The summed E-state index contributed by atoms with van der Waals surface area (Å²) in [4.78, 5) is 7.30. The molecule has 4 nitrogen and oxygen atoms in total. The van der Waals surface area contributed by atoms with Crippen molar-refractivity contribution in [2.24, 2.45) is 47.3 Å². The van der Waals surface area contributed by atoms with E-state index in [1.165, 1.54) is 12.7 Å². The molecule has 0 aliphatic heterocycles. The van der Waals surface area contributed by atoms with Gasteiger partial charge in [0.25, 0.3) is 0 Å². The average molecular weight is 771 g/mol. The number of oxazole rings is 1. The topological polar surface area (TPSA) is 52.1 Å². The highest BCUT2D eigenvalue weighted by Crippen LogP contribution is 1.91. The van der Waals surface area contributed by atoms with Gasteiger partial charge >= 0.3 is 0 Å². The van der Waals surface area contributed by atoms with Crippen molar-refractivity contribution >= 4 is 22.7 Å². The fraction of sp³-hybridized carbons (Fsp3) is 0.696. The van der Waals surface area contributed by atoms with Gasteiger partial charge < -0.3 is 8.83 Å². The molecule has 0 atom stereocenters. The lowest BCUT2D eigenvalue weighted by Gasteiger charge is -1.79. The van der Waals surface area contributed by atoms with Crippen LogP contribution in [0.1, 0.15) is 166 Å². The van der Waals surface area contributed by atoms with Gasteiger partial charge in [0.05, 0.1) is 24.2 Å². The zero-order chi connectivity index (χ0) is 42.8. The van der Waals surface area contributed by atoms with Crippen LogP contribution in [0.2, 0.25) is 0 Å². The van der Waals surface area contributed by atoms with Crippen LogP contribution in [0.4, 0.5) is 0 Å². The molecule has 0 fully saturated rings. The predicted octanol–water partition coefficient (Wildman–Crippen LogP) is 18.1. The second kappa shape index (κ2) is 63.8. The molecule has 6 heteroatoms. The van der Waals surface area contributed by atoms with Gasteiger partial charge in [-0.2, -0.15) is 11.3 Å². The monoisotopic (exact) mass is 771 g/mol. The number of thiazole rings is 1. The van der Waals surface area contributed by atoms with E-state index >= 15 is 0 Å². The van der Waals surface area contributed by atoms with Gasteiger partial charge in [-0.25, -0.2) is 4.98 Å². The molecule has 0 spiro atoms. The van der Waals surface area contributed by atoms with E-state index < -0.39 is 0 Å². The van der Waals surface area contributed by atoms with Gasteiger partial charge in [-0.05, 0) is 70.2 Å². The maximum atomic E-state index is 4.58. The van der Waals surface area contributed by atoms with Gasteiger partial charge in [-0.1, -0.05) is 178 Å². The zero-order valence-electron chi connectivity index (χ0n) is 39.2. The Morgan fingerprint density at radius 3 is 0.712 bits per heavy atom. The summed E-state index contributed by atoms with van der Waals surface area (Å²) in [6.07, 6.45) is 9.49. The summed E-state index contributed by atoms with van der Waals surface area (Å²) >= 11 is 3.31. The van der Waals surface area contributed by atoms with Crippen molar-refractivity contribution in [3.8, 4) is 0 Å². The molecule has 312 valence electrons. The second-order valence-corrected chi connectivity index (χ2v) is 18.4. The summed E-state index contributed by atoms with van der Waals surface area (Å²) in [6, 6.07) is 7.70. The molecule has 0 bridgehead atoms. The van der Waals surface area contributed by atoms with Crippen LogP contribution in [-0.2, 0) is 0 Å². The van der Waals surface area contributed by atoms with E-state index in [1.54, 1.807) is 53.1 Å². The van der Waals surface area contributed by atoms with Crippen LogP contribution in [-0.4, -0.2) is 9.97 Å². The molecule has 0 amide bonds. The first kappa shape index (κ1) is 67.9. The van der Waals surface area contributed by atoms with Crippen molar-refractivity contribution < 1.29 is 8.83 Å². The first-order valence-corrected chi connectivity index (χ1v) is 21.3. The van der Waals surface area contributed by atoms with Crippen LogP contribution >= 0.6 is 22.7 Å². The highest BCUT2D eigenvalue weighted by Gasteiger charge is 1.71. The van der Waals surface area contributed by atoms with Crippen LogP contribution in [0.25, 0.3) is 0 Å². The number of hydrogen-bond donors (Lipinski definition) is 0. The SMILES string of the molecule is CC(C)C.CC(C)C.CC(C)C.CC(C)C.CC(C)C.CC(C)C.CC(C)C.CC(C)C.c1ccoc1.c1ccsc1.c1cocn1.c1cscn1. The zero-order valence-corrected chi connectivity index (χ0v) is 40.9. The molecule has 4 heterocycles. The van der Waals surface area contributed by atoms with E-state index in [9.17, 15) is 0 Å². The molecule has 4 aromatic rings. The largest absolute Gasteiger partial charge is 0.473 e. The molecule has 0 saturated heterocycles. The Balaban J connectivity index is -0.0000000679. The highest BCUT2D eigenvalue weighted by atomic mass is 32.1. The van der Waals surface area contributed by atoms with E-state index in [0.29, 0.717) is 0 Å². The summed E-state index contributed by atoms with van der Waals surface area (Å²) in [6.45, 7) is 52.0. The first-order chi connectivity index (χ1) is 23.9. The van der Waals surface area contributed by atoms with Gasteiger partial charge in [0, 0.05) is 11.6 Å². The first-order valence-electron chi connectivity index (χ1n) is 19.4. The molecule has 0 saturated carbocycles. The van der Waals surface area contributed by atoms with Crippen LogP contribution < -0.4 is 0 Å². The van der Waals surface area contributed by atoms with E-state index in [2.05, 4.69) is 185 Å². The van der Waals surface area contributed by atoms with Crippen LogP contribution in [0.3, 0.4) is 0 Å². The summed E-state index contributed by atoms with van der Waals surface area (Å²) in [5.74, 6) is 6.67. The van der Waals surface area contributed by atoms with Gasteiger partial charge in [-0.15, -0.1) is 11.3 Å². The van der Waals surface area contributed by atoms with Gasteiger partial charge in [0.2, 0.25) is 0 Å². The minimum atomic E-state index is 0.833. The standard InChI is InChI=1S/C4H4O.C4H4S.8C4H10.C3H3NO.C3H3NS/c2*1-2-4-5-3-1;8*1-4(2)3;2*1-2-5-3-4-1/h2*1-4H;8*4H,1-3H3;2*1-3H. The smallest absolute Gasteiger partial charge is 0.180 e. The number of hydrogen-bond acceptors (Lipinski definition) is 6.